The number of esters is 2. The zero-order chi connectivity index (χ0) is 5.86. The summed E-state index contributed by atoms with van der Waals surface area (Å²) in [7, 11) is 0. The Hall–Kier alpha value is 0.270. The second-order valence-corrected chi connectivity index (χ2v) is 1.09. The summed E-state index contributed by atoms with van der Waals surface area (Å²) in [6, 6.07) is 0. The van der Waals surface area contributed by atoms with E-state index in [0.29, 0.717) is 0 Å². The van der Waals surface area contributed by atoms with Gasteiger partial charge in [-0.1, -0.05) is 0 Å². The van der Waals surface area contributed by atoms with Crippen molar-refractivity contribution in [2.45, 2.75) is 13.8 Å². The van der Waals surface area contributed by atoms with Crippen molar-refractivity contribution in [1.29, 1.82) is 0 Å². The van der Waals surface area contributed by atoms with Gasteiger partial charge in [-0.05, 0) is 0 Å². The fourth-order valence-corrected chi connectivity index (χ4v) is 0.202. The Kier molecular flexibility index (Phi) is 14.8. The van der Waals surface area contributed by atoms with Gasteiger partial charge in [0.25, 0.3) is 0 Å². The maximum Gasteiger partial charge on any atom is 0.310 e. The van der Waals surface area contributed by atoms with Crippen molar-refractivity contribution in [2.24, 2.45) is 0 Å². The zero-order valence-electron chi connectivity index (χ0n) is 5.27. The van der Waals surface area contributed by atoms with Gasteiger partial charge in [0.2, 0.25) is 0 Å². The first-order chi connectivity index (χ1) is 3.13. The van der Waals surface area contributed by atoms with Crippen molar-refractivity contribution in [3.63, 3.8) is 0 Å². The van der Waals surface area contributed by atoms with Crippen molar-refractivity contribution >= 4 is 11.9 Å². The topological polar surface area (TPSA) is 43.4 Å². The Morgan fingerprint density at radius 2 is 1.33 bits per heavy atom. The van der Waals surface area contributed by atoms with Crippen LogP contribution in [0.4, 0.5) is 0 Å². The van der Waals surface area contributed by atoms with Crippen LogP contribution in [0.1, 0.15) is 13.8 Å². The molecule has 0 bridgehead atoms. The summed E-state index contributed by atoms with van der Waals surface area (Å²) in [5, 5.41) is 0. The van der Waals surface area contributed by atoms with Crippen LogP contribution >= 0.6 is 0 Å². The molecular weight excluding hydrogens is 220 g/mol. The van der Waals surface area contributed by atoms with Crippen LogP contribution in [0.25, 0.3) is 0 Å². The van der Waals surface area contributed by atoms with Crippen LogP contribution in [-0.2, 0) is 50.6 Å². The molecule has 0 fully saturated rings. The Morgan fingerprint density at radius 1 is 1.11 bits per heavy atom. The van der Waals surface area contributed by atoms with Gasteiger partial charge >= 0.3 is 11.9 Å². The van der Waals surface area contributed by atoms with Crippen molar-refractivity contribution in [2.75, 3.05) is 0 Å². The molecule has 0 aliphatic carbocycles. The summed E-state index contributed by atoms with van der Waals surface area (Å²) in [5.74, 6) is -1.12. The largest absolute Gasteiger partial charge is 0.394 e. The van der Waals surface area contributed by atoms with E-state index in [1.54, 1.807) is 0 Å². The van der Waals surface area contributed by atoms with Crippen molar-refractivity contribution < 1.29 is 50.6 Å². The molecule has 51 valence electrons. The van der Waals surface area contributed by atoms with Gasteiger partial charge in [0.1, 0.15) is 0 Å². The number of hydrogen-bond acceptors (Lipinski definition) is 3. The minimum Gasteiger partial charge on any atom is -0.394 e. The van der Waals surface area contributed by atoms with Gasteiger partial charge < -0.3 is 4.74 Å². The van der Waals surface area contributed by atoms with E-state index >= 15 is 0 Å². The molecule has 0 atom stereocenters. The molecule has 0 aromatic heterocycles. The predicted octanol–water partition coefficient (Wildman–Crippen LogP) is 0.0910. The average Bonchev–Trinajstić information content (AvgIpc) is 1.27. The minimum absolute atomic E-state index is 0. The van der Waals surface area contributed by atoms with Crippen LogP contribution in [0.5, 0.6) is 0 Å². The Bertz CT molecular complexity index is 92.0. The maximum absolute atomic E-state index is 9.81. The second-order valence-electron chi connectivity index (χ2n) is 1.09. The molecule has 0 spiro atoms. The number of hydrogen-bond donors (Lipinski definition) is 0. The molecule has 0 unspecified atom stereocenters. The first kappa shape index (κ1) is 16.1. The molecule has 0 aromatic carbocycles. The molecule has 0 amide bonds. The van der Waals surface area contributed by atoms with Crippen LogP contribution in [0.15, 0.2) is 0 Å². The van der Waals surface area contributed by atoms with E-state index < -0.39 is 11.9 Å². The van der Waals surface area contributed by atoms with Gasteiger partial charge in [-0.15, -0.1) is 0 Å². The standard InChI is InChI=1S/C4H6O3.Co.Zn/c1-3(5)7-4(2)6;;/h1-2H3;;. The fraction of sp³-hybridized carbons (Fsp3) is 0.500. The van der Waals surface area contributed by atoms with Crippen LogP contribution in [0.2, 0.25) is 0 Å². The monoisotopic (exact) mass is 225 g/mol. The van der Waals surface area contributed by atoms with Gasteiger partial charge in [-0.25, -0.2) is 0 Å². The first-order valence-electron chi connectivity index (χ1n) is 1.82. The number of ether oxygens (including phenoxy) is 1. The maximum atomic E-state index is 9.81. The Labute approximate surface area is 76.5 Å². The smallest absolute Gasteiger partial charge is 0.310 e. The van der Waals surface area contributed by atoms with E-state index in [0.717, 1.165) is 0 Å². The molecule has 1 radical (unpaired) electrons. The van der Waals surface area contributed by atoms with Crippen LogP contribution in [-0.4, -0.2) is 11.9 Å². The molecule has 3 nitrogen and oxygen atoms in total. The summed E-state index contributed by atoms with van der Waals surface area (Å²) < 4.78 is 3.97. The van der Waals surface area contributed by atoms with Gasteiger partial charge in [-0.2, -0.15) is 0 Å². The molecular formula is C4H6CoO3Zn. The van der Waals surface area contributed by atoms with Crippen molar-refractivity contribution in [1.82, 2.24) is 0 Å². The van der Waals surface area contributed by atoms with Crippen LogP contribution in [0.3, 0.4) is 0 Å². The molecule has 9 heavy (non-hydrogen) atoms. The second kappa shape index (κ2) is 8.27. The van der Waals surface area contributed by atoms with E-state index in [-0.39, 0.29) is 36.3 Å². The number of carbonyl (C=O) groups excluding carboxylic acids is 2. The third kappa shape index (κ3) is 17.8. The summed E-state index contributed by atoms with van der Waals surface area (Å²) in [4.78, 5) is 19.6. The molecule has 0 heterocycles. The van der Waals surface area contributed by atoms with Gasteiger partial charge in [0.15, 0.2) is 0 Å². The van der Waals surface area contributed by atoms with Gasteiger partial charge in [0, 0.05) is 50.1 Å². The molecule has 0 saturated carbocycles. The molecule has 0 rings (SSSR count). The van der Waals surface area contributed by atoms with E-state index in [9.17, 15) is 9.59 Å². The number of carbonyl (C=O) groups is 2. The third-order valence-corrected chi connectivity index (χ3v) is 0.287. The molecule has 0 N–H and O–H groups in total. The Balaban J connectivity index is -0.000000180. The van der Waals surface area contributed by atoms with E-state index in [1.807, 2.05) is 0 Å². The first-order valence-corrected chi connectivity index (χ1v) is 1.82. The SMILES string of the molecule is CC(=O)OC(C)=O.[Co].[Zn]. The molecule has 5 heteroatoms. The van der Waals surface area contributed by atoms with Crippen LogP contribution in [0, 0.1) is 0 Å². The average molecular weight is 226 g/mol. The van der Waals surface area contributed by atoms with E-state index in [4.69, 9.17) is 0 Å². The molecule has 0 aliphatic heterocycles. The van der Waals surface area contributed by atoms with Crippen molar-refractivity contribution in [3.05, 3.63) is 0 Å². The zero-order valence-corrected chi connectivity index (χ0v) is 9.27. The quantitative estimate of drug-likeness (QED) is 0.334. The summed E-state index contributed by atoms with van der Waals surface area (Å²) in [6.07, 6.45) is 0. The fourth-order valence-electron chi connectivity index (χ4n) is 0.202. The number of rotatable bonds is 0. The van der Waals surface area contributed by atoms with Gasteiger partial charge in [-0.3, -0.25) is 9.59 Å². The Morgan fingerprint density at radius 3 is 1.33 bits per heavy atom. The molecule has 0 aliphatic rings. The van der Waals surface area contributed by atoms with Crippen LogP contribution < -0.4 is 0 Å². The minimum atomic E-state index is -0.562. The molecule has 0 saturated heterocycles. The van der Waals surface area contributed by atoms with E-state index in [1.165, 1.54) is 13.8 Å². The normalized spacial score (nSPS) is 6.00. The summed E-state index contributed by atoms with van der Waals surface area (Å²) in [6.45, 7) is 2.36. The van der Waals surface area contributed by atoms with Gasteiger partial charge in [0.05, 0.1) is 0 Å². The van der Waals surface area contributed by atoms with E-state index in [2.05, 4.69) is 4.74 Å². The predicted molar refractivity (Wildman–Crippen MR) is 22.4 cm³/mol. The molecule has 0 aromatic rings. The summed E-state index contributed by atoms with van der Waals surface area (Å²) >= 11 is 0. The third-order valence-electron chi connectivity index (χ3n) is 0.287. The summed E-state index contributed by atoms with van der Waals surface area (Å²) in [5.41, 5.74) is 0. The van der Waals surface area contributed by atoms with Crippen molar-refractivity contribution in [3.8, 4) is 0 Å².